The normalized spacial score (nSPS) is 18.9. The molecule has 104 valence electrons. The van der Waals surface area contributed by atoms with Gasteiger partial charge in [0.25, 0.3) is 0 Å². The maximum absolute atomic E-state index is 11.4. The molecule has 18 heavy (non-hydrogen) atoms. The summed E-state index contributed by atoms with van der Waals surface area (Å²) in [7, 11) is 0. The molecule has 0 radical (unpaired) electrons. The van der Waals surface area contributed by atoms with Crippen molar-refractivity contribution < 1.29 is 14.3 Å². The number of ether oxygens (including phenoxy) is 1. The van der Waals surface area contributed by atoms with E-state index in [2.05, 4.69) is 0 Å². The molecule has 5 heteroatoms. The monoisotopic (exact) mass is 256 g/mol. The van der Waals surface area contributed by atoms with Crippen LogP contribution in [-0.2, 0) is 9.53 Å². The van der Waals surface area contributed by atoms with Crippen molar-refractivity contribution in [2.24, 2.45) is 11.7 Å². The average Bonchev–Trinajstić information content (AvgIpc) is 2.93. The van der Waals surface area contributed by atoms with Crippen LogP contribution in [0.1, 0.15) is 46.5 Å². The van der Waals surface area contributed by atoms with Gasteiger partial charge in [0.1, 0.15) is 5.60 Å². The van der Waals surface area contributed by atoms with E-state index in [1.54, 1.807) is 4.90 Å². The number of nitrogens with zero attached hydrogens (tertiary/aromatic N) is 1. The lowest BCUT2D eigenvalue weighted by atomic mass is 10.2. The van der Waals surface area contributed by atoms with Crippen LogP contribution in [0.15, 0.2) is 0 Å². The maximum Gasteiger partial charge on any atom is 0.410 e. The second-order valence-electron chi connectivity index (χ2n) is 5.85. The number of carbonyl (C=O) groups is 2. The molecule has 0 spiro atoms. The maximum atomic E-state index is 11.4. The Balaban J connectivity index is 0.000000225. The van der Waals surface area contributed by atoms with Crippen molar-refractivity contribution in [1.29, 1.82) is 0 Å². The molecule has 1 saturated heterocycles. The van der Waals surface area contributed by atoms with E-state index in [1.807, 2.05) is 20.8 Å². The Morgan fingerprint density at radius 2 is 1.67 bits per heavy atom. The third-order valence-corrected chi connectivity index (χ3v) is 2.74. The minimum Gasteiger partial charge on any atom is -0.444 e. The fraction of sp³-hybridized carbons (Fsp3) is 0.846. The first-order valence-corrected chi connectivity index (χ1v) is 6.57. The van der Waals surface area contributed by atoms with E-state index in [1.165, 1.54) is 0 Å². The molecular weight excluding hydrogens is 232 g/mol. The molecule has 2 N–H and O–H groups in total. The largest absolute Gasteiger partial charge is 0.444 e. The van der Waals surface area contributed by atoms with Crippen molar-refractivity contribution in [2.45, 2.75) is 52.1 Å². The first-order chi connectivity index (χ1) is 8.29. The molecule has 5 nitrogen and oxygen atoms in total. The van der Waals surface area contributed by atoms with Gasteiger partial charge in [-0.25, -0.2) is 4.79 Å². The minimum atomic E-state index is -0.361. The van der Waals surface area contributed by atoms with Gasteiger partial charge in [-0.05, 0) is 46.5 Å². The fourth-order valence-corrected chi connectivity index (χ4v) is 1.59. The zero-order valence-electron chi connectivity index (χ0n) is 11.6. The van der Waals surface area contributed by atoms with Crippen LogP contribution < -0.4 is 5.73 Å². The van der Waals surface area contributed by atoms with Gasteiger partial charge >= 0.3 is 6.09 Å². The van der Waals surface area contributed by atoms with Crippen molar-refractivity contribution >= 4 is 12.0 Å². The molecule has 0 atom stereocenters. The van der Waals surface area contributed by atoms with E-state index in [9.17, 15) is 9.59 Å². The number of carbonyl (C=O) groups excluding carboxylic acids is 2. The minimum absolute atomic E-state index is 0.130. The van der Waals surface area contributed by atoms with Crippen molar-refractivity contribution in [3.8, 4) is 0 Å². The molecule has 0 aromatic rings. The first-order valence-electron chi connectivity index (χ1n) is 6.57. The summed E-state index contributed by atoms with van der Waals surface area (Å²) >= 11 is 0. The van der Waals surface area contributed by atoms with Gasteiger partial charge in [-0.1, -0.05) is 0 Å². The van der Waals surface area contributed by atoms with E-state index in [4.69, 9.17) is 10.5 Å². The smallest absolute Gasteiger partial charge is 0.410 e. The fourth-order valence-electron chi connectivity index (χ4n) is 1.59. The number of amides is 2. The van der Waals surface area contributed by atoms with Crippen molar-refractivity contribution in [3.63, 3.8) is 0 Å². The Kier molecular flexibility index (Phi) is 4.99. The highest BCUT2D eigenvalue weighted by Gasteiger charge is 2.26. The van der Waals surface area contributed by atoms with Crippen LogP contribution in [0.2, 0.25) is 0 Å². The van der Waals surface area contributed by atoms with Gasteiger partial charge in [0, 0.05) is 19.0 Å². The molecule has 0 aromatic heterocycles. The summed E-state index contributed by atoms with van der Waals surface area (Å²) in [5, 5.41) is 0. The Labute approximate surface area is 109 Å². The van der Waals surface area contributed by atoms with E-state index < -0.39 is 0 Å². The van der Waals surface area contributed by atoms with Crippen LogP contribution in [0.5, 0.6) is 0 Å². The van der Waals surface area contributed by atoms with Crippen LogP contribution in [-0.4, -0.2) is 35.6 Å². The topological polar surface area (TPSA) is 72.6 Å². The third kappa shape index (κ3) is 5.89. The lowest BCUT2D eigenvalue weighted by molar-refractivity contribution is -0.119. The second kappa shape index (κ2) is 6.07. The standard InChI is InChI=1S/C9H17NO2.C4H7NO/c1-9(2,3)12-8(11)10-6-4-5-7-10;5-4(6)3-1-2-3/h4-7H2,1-3H3;3H,1-2H2,(H2,5,6). The highest BCUT2D eigenvalue weighted by molar-refractivity contribution is 5.78. The van der Waals surface area contributed by atoms with Gasteiger partial charge in [-0.3, -0.25) is 4.79 Å². The molecule has 2 rings (SSSR count). The molecule has 0 unspecified atom stereocenters. The average molecular weight is 256 g/mol. The summed E-state index contributed by atoms with van der Waals surface area (Å²) < 4.78 is 5.21. The highest BCUT2D eigenvalue weighted by Crippen LogP contribution is 2.27. The Hall–Kier alpha value is -1.26. The SMILES string of the molecule is CC(C)(C)OC(=O)N1CCCC1.NC(=O)C1CC1. The Bertz CT molecular complexity index is 300. The number of likely N-dealkylation sites (tertiary alicyclic amines) is 1. The predicted octanol–water partition coefficient (Wildman–Crippen LogP) is 1.90. The summed E-state index contributed by atoms with van der Waals surface area (Å²) in [4.78, 5) is 23.1. The van der Waals surface area contributed by atoms with Crippen LogP contribution in [0.4, 0.5) is 4.79 Å². The quantitative estimate of drug-likeness (QED) is 0.778. The third-order valence-electron chi connectivity index (χ3n) is 2.74. The van der Waals surface area contributed by atoms with E-state index >= 15 is 0 Å². The molecule has 1 heterocycles. The zero-order valence-corrected chi connectivity index (χ0v) is 11.6. The lowest BCUT2D eigenvalue weighted by Crippen LogP contribution is -2.34. The molecule has 1 aliphatic carbocycles. The van der Waals surface area contributed by atoms with Crippen molar-refractivity contribution in [3.05, 3.63) is 0 Å². The molecule has 0 aromatic carbocycles. The molecule has 1 saturated carbocycles. The molecule has 2 fully saturated rings. The Morgan fingerprint density at radius 1 is 1.17 bits per heavy atom. The highest BCUT2D eigenvalue weighted by atomic mass is 16.6. The first kappa shape index (κ1) is 14.8. The van der Waals surface area contributed by atoms with Crippen LogP contribution >= 0.6 is 0 Å². The van der Waals surface area contributed by atoms with Gasteiger partial charge in [-0.2, -0.15) is 0 Å². The van der Waals surface area contributed by atoms with Crippen LogP contribution in [0, 0.1) is 5.92 Å². The van der Waals surface area contributed by atoms with Gasteiger partial charge in [0.15, 0.2) is 0 Å². The second-order valence-corrected chi connectivity index (χ2v) is 5.85. The number of rotatable bonds is 1. The zero-order chi connectivity index (χ0) is 13.8. The number of nitrogens with two attached hydrogens (primary N) is 1. The van der Waals surface area contributed by atoms with E-state index in [0.717, 1.165) is 38.8 Å². The molecule has 2 aliphatic rings. The van der Waals surface area contributed by atoms with Gasteiger partial charge in [-0.15, -0.1) is 0 Å². The summed E-state index contributed by atoms with van der Waals surface area (Å²) in [5.74, 6) is 0.111. The van der Waals surface area contributed by atoms with Gasteiger partial charge in [0.05, 0.1) is 0 Å². The lowest BCUT2D eigenvalue weighted by Gasteiger charge is -2.23. The number of hydrogen-bond acceptors (Lipinski definition) is 3. The van der Waals surface area contributed by atoms with Crippen molar-refractivity contribution in [2.75, 3.05) is 13.1 Å². The summed E-state index contributed by atoms with van der Waals surface area (Å²) in [6.45, 7) is 7.38. The van der Waals surface area contributed by atoms with Gasteiger partial charge < -0.3 is 15.4 Å². The molecule has 2 amide bonds. The molecule has 0 bridgehead atoms. The van der Waals surface area contributed by atoms with E-state index in [-0.39, 0.29) is 23.5 Å². The number of hydrogen-bond donors (Lipinski definition) is 1. The Morgan fingerprint density at radius 3 is 1.94 bits per heavy atom. The molecular formula is C13H24N2O3. The van der Waals surface area contributed by atoms with Crippen LogP contribution in [0.25, 0.3) is 0 Å². The van der Waals surface area contributed by atoms with E-state index in [0.29, 0.717) is 0 Å². The molecule has 1 aliphatic heterocycles. The predicted molar refractivity (Wildman–Crippen MR) is 69.0 cm³/mol. The summed E-state index contributed by atoms with van der Waals surface area (Å²) in [6, 6.07) is 0. The van der Waals surface area contributed by atoms with Crippen LogP contribution in [0.3, 0.4) is 0 Å². The summed E-state index contributed by atoms with van der Waals surface area (Å²) in [5.41, 5.74) is 4.50. The van der Waals surface area contributed by atoms with Gasteiger partial charge in [0.2, 0.25) is 5.91 Å². The summed E-state index contributed by atoms with van der Waals surface area (Å²) in [6.07, 6.45) is 4.10. The van der Waals surface area contributed by atoms with Crippen molar-refractivity contribution in [1.82, 2.24) is 4.90 Å². The number of primary amides is 1.